The van der Waals surface area contributed by atoms with Crippen LogP contribution < -0.4 is 0 Å². The van der Waals surface area contributed by atoms with Crippen molar-refractivity contribution in [2.45, 2.75) is 17.8 Å². The fourth-order valence-electron chi connectivity index (χ4n) is 2.41. The van der Waals surface area contributed by atoms with Crippen LogP contribution in [0, 0.1) is 6.92 Å². The molecule has 2 aromatic carbocycles. The van der Waals surface area contributed by atoms with E-state index in [1.54, 1.807) is 11.8 Å². The maximum Gasteiger partial charge on any atom is 0.181 e. The summed E-state index contributed by atoms with van der Waals surface area (Å²) in [4.78, 5) is 12.4. The minimum Gasteiger partial charge on any atom is -0.333 e. The highest BCUT2D eigenvalue weighted by Gasteiger charge is 2.08. The minimum absolute atomic E-state index is 0.693. The maximum absolute atomic E-state index is 4.56. The number of hydrogen-bond donors (Lipinski definition) is 2. The van der Waals surface area contributed by atoms with E-state index < -0.39 is 0 Å². The Balaban J connectivity index is 1.49. The number of hydrogen-bond acceptors (Lipinski definition) is 4. The van der Waals surface area contributed by atoms with Gasteiger partial charge in [-0.2, -0.15) is 5.10 Å². The number of para-hydroxylation sites is 2. The molecule has 0 aliphatic heterocycles. The van der Waals surface area contributed by atoms with Gasteiger partial charge in [-0.3, -0.25) is 5.10 Å². The first-order chi connectivity index (χ1) is 11.3. The van der Waals surface area contributed by atoms with Gasteiger partial charge in [0.1, 0.15) is 5.82 Å². The Hall–Kier alpha value is -2.60. The maximum atomic E-state index is 4.56. The lowest BCUT2D eigenvalue weighted by molar-refractivity contribution is 1.02. The molecule has 5 nitrogen and oxygen atoms in total. The Labute approximate surface area is 137 Å². The Bertz CT molecular complexity index is 923. The van der Waals surface area contributed by atoms with Crippen molar-refractivity contribution < 1.29 is 0 Å². The van der Waals surface area contributed by atoms with Gasteiger partial charge in [-0.25, -0.2) is 9.97 Å². The molecule has 4 aromatic rings. The second-order valence-electron chi connectivity index (χ2n) is 5.32. The van der Waals surface area contributed by atoms with Crippen LogP contribution in [-0.2, 0) is 5.75 Å². The number of nitrogens with one attached hydrogen (secondary N) is 2. The Morgan fingerprint density at radius 2 is 1.96 bits per heavy atom. The zero-order chi connectivity index (χ0) is 15.6. The smallest absolute Gasteiger partial charge is 0.181 e. The monoisotopic (exact) mass is 321 g/mol. The van der Waals surface area contributed by atoms with Gasteiger partial charge in [0.2, 0.25) is 0 Å². The van der Waals surface area contributed by atoms with Crippen LogP contribution in [0.1, 0.15) is 11.4 Å². The lowest BCUT2D eigenvalue weighted by Crippen LogP contribution is -1.85. The molecule has 0 saturated carbocycles. The number of fused-ring (bicyclic) bond motifs is 1. The molecule has 0 radical (unpaired) electrons. The number of aromatic nitrogens is 5. The van der Waals surface area contributed by atoms with Gasteiger partial charge < -0.3 is 4.98 Å². The molecular weight excluding hydrogens is 306 g/mol. The molecule has 2 aromatic heterocycles. The summed E-state index contributed by atoms with van der Waals surface area (Å²) in [5.74, 6) is 2.26. The highest BCUT2D eigenvalue weighted by Crippen LogP contribution is 2.23. The molecule has 4 rings (SSSR count). The largest absolute Gasteiger partial charge is 0.333 e. The number of benzene rings is 2. The third-order valence-corrected chi connectivity index (χ3v) is 4.41. The van der Waals surface area contributed by atoms with Crippen LogP contribution in [-0.4, -0.2) is 25.1 Å². The fraction of sp³-hybridized carbons (Fsp3) is 0.118. The van der Waals surface area contributed by atoms with Gasteiger partial charge in [-0.05, 0) is 25.1 Å². The van der Waals surface area contributed by atoms with E-state index in [0.717, 1.165) is 33.4 Å². The van der Waals surface area contributed by atoms with Crippen LogP contribution >= 0.6 is 11.8 Å². The zero-order valence-corrected chi connectivity index (χ0v) is 13.4. The van der Waals surface area contributed by atoms with E-state index in [2.05, 4.69) is 44.2 Å². The van der Waals surface area contributed by atoms with Gasteiger partial charge in [-0.15, -0.1) is 0 Å². The van der Waals surface area contributed by atoms with Crippen LogP contribution in [0.4, 0.5) is 0 Å². The van der Waals surface area contributed by atoms with Gasteiger partial charge in [-0.1, -0.05) is 47.7 Å². The lowest BCUT2D eigenvalue weighted by Gasteiger charge is -1.96. The third-order valence-electron chi connectivity index (χ3n) is 3.52. The predicted molar refractivity (Wildman–Crippen MR) is 92.2 cm³/mol. The van der Waals surface area contributed by atoms with Crippen LogP contribution in [0.2, 0.25) is 0 Å². The summed E-state index contributed by atoms with van der Waals surface area (Å²) < 4.78 is 0. The average molecular weight is 321 g/mol. The summed E-state index contributed by atoms with van der Waals surface area (Å²) >= 11 is 1.61. The molecule has 23 heavy (non-hydrogen) atoms. The molecule has 6 heteroatoms. The first-order valence-corrected chi connectivity index (χ1v) is 8.32. The number of thioether (sulfide) groups is 1. The van der Waals surface area contributed by atoms with Crippen LogP contribution in [0.25, 0.3) is 22.4 Å². The molecule has 2 heterocycles. The van der Waals surface area contributed by atoms with Crippen molar-refractivity contribution in [3.63, 3.8) is 0 Å². The zero-order valence-electron chi connectivity index (χ0n) is 12.6. The van der Waals surface area contributed by atoms with E-state index in [1.165, 1.54) is 5.56 Å². The summed E-state index contributed by atoms with van der Waals surface area (Å²) in [6.07, 6.45) is 0. The molecule has 0 saturated heterocycles. The molecule has 2 N–H and O–H groups in total. The average Bonchev–Trinajstić information content (AvgIpc) is 3.19. The lowest BCUT2D eigenvalue weighted by atomic mass is 10.1. The number of H-pyrrole nitrogens is 2. The third kappa shape index (κ3) is 2.98. The Morgan fingerprint density at radius 1 is 1.04 bits per heavy atom. The van der Waals surface area contributed by atoms with Crippen molar-refractivity contribution >= 4 is 22.8 Å². The van der Waals surface area contributed by atoms with Crippen molar-refractivity contribution in [3.8, 4) is 11.4 Å². The molecule has 0 aliphatic rings. The standard InChI is InChI=1S/C17H15N5S/c1-11-5-4-6-12(9-11)16-20-15(21-22-16)10-23-17-18-13-7-2-3-8-14(13)19-17/h2-9H,10H2,1H3,(H,18,19)(H,20,21,22). The molecular formula is C17H15N5S. The molecule has 0 unspecified atom stereocenters. The van der Waals surface area contributed by atoms with E-state index in [-0.39, 0.29) is 0 Å². The topological polar surface area (TPSA) is 70.2 Å². The summed E-state index contributed by atoms with van der Waals surface area (Å²) in [7, 11) is 0. The molecule has 0 amide bonds. The second-order valence-corrected chi connectivity index (χ2v) is 6.29. The normalized spacial score (nSPS) is 11.2. The van der Waals surface area contributed by atoms with Crippen molar-refractivity contribution in [1.29, 1.82) is 0 Å². The van der Waals surface area contributed by atoms with Gasteiger partial charge in [0.25, 0.3) is 0 Å². The highest BCUT2D eigenvalue weighted by molar-refractivity contribution is 7.98. The number of imidazole rings is 1. The van der Waals surface area contributed by atoms with E-state index in [0.29, 0.717) is 5.75 Å². The Kier molecular flexibility index (Phi) is 3.59. The first-order valence-electron chi connectivity index (χ1n) is 7.34. The number of rotatable bonds is 4. The fourth-order valence-corrected chi connectivity index (χ4v) is 3.16. The molecule has 0 fully saturated rings. The molecule has 0 bridgehead atoms. The van der Waals surface area contributed by atoms with Crippen molar-refractivity contribution in [2.24, 2.45) is 0 Å². The van der Waals surface area contributed by atoms with Crippen LogP contribution in [0.3, 0.4) is 0 Å². The van der Waals surface area contributed by atoms with Crippen molar-refractivity contribution in [2.75, 3.05) is 0 Å². The SMILES string of the molecule is Cc1cccc(-c2n[nH]c(CSc3nc4ccccc4[nH]3)n2)c1. The van der Waals surface area contributed by atoms with E-state index in [1.807, 2.05) is 36.4 Å². The molecule has 0 spiro atoms. The molecule has 0 atom stereocenters. The number of aryl methyl sites for hydroxylation is 1. The first kappa shape index (κ1) is 14.0. The quantitative estimate of drug-likeness (QED) is 0.558. The van der Waals surface area contributed by atoms with Gasteiger partial charge >= 0.3 is 0 Å². The van der Waals surface area contributed by atoms with Gasteiger partial charge in [0, 0.05) is 5.56 Å². The highest BCUT2D eigenvalue weighted by atomic mass is 32.2. The second kappa shape index (κ2) is 5.89. The van der Waals surface area contributed by atoms with Gasteiger partial charge in [0.05, 0.1) is 16.8 Å². The summed E-state index contributed by atoms with van der Waals surface area (Å²) in [5.41, 5.74) is 4.26. The number of aromatic amines is 2. The van der Waals surface area contributed by atoms with Crippen molar-refractivity contribution in [1.82, 2.24) is 25.1 Å². The van der Waals surface area contributed by atoms with E-state index in [9.17, 15) is 0 Å². The molecule has 114 valence electrons. The summed E-state index contributed by atoms with van der Waals surface area (Å²) in [6.45, 7) is 2.06. The summed E-state index contributed by atoms with van der Waals surface area (Å²) in [6, 6.07) is 16.2. The minimum atomic E-state index is 0.693. The van der Waals surface area contributed by atoms with E-state index >= 15 is 0 Å². The van der Waals surface area contributed by atoms with E-state index in [4.69, 9.17) is 0 Å². The van der Waals surface area contributed by atoms with Crippen molar-refractivity contribution in [3.05, 3.63) is 59.9 Å². The predicted octanol–water partition coefficient (Wildman–Crippen LogP) is 3.95. The Morgan fingerprint density at radius 3 is 2.83 bits per heavy atom. The van der Waals surface area contributed by atoms with Crippen LogP contribution in [0.15, 0.2) is 53.7 Å². The summed E-state index contributed by atoms with van der Waals surface area (Å²) in [5, 5.41) is 8.20. The number of nitrogens with zero attached hydrogens (tertiary/aromatic N) is 3. The van der Waals surface area contributed by atoms with Gasteiger partial charge in [0.15, 0.2) is 11.0 Å². The van der Waals surface area contributed by atoms with Crippen LogP contribution in [0.5, 0.6) is 0 Å². The molecule has 0 aliphatic carbocycles.